The van der Waals surface area contributed by atoms with Gasteiger partial charge in [0.1, 0.15) is 6.04 Å². The standard InChI is InChI=1S/C22H20Cl4F6N2O2S/c1-3-4-9-36-19(35)33(2)37-34(18(20(24,25)26)13-5-7-16(23)8-6-13)17-11-14(21(27,28)29)10-15(12-17)22(30,31)32/h5-8,10-12,18H,3-4,9H2,1-2H3. The van der Waals surface area contributed by atoms with Crippen LogP contribution in [0.2, 0.25) is 5.02 Å². The number of amides is 1. The molecule has 0 aliphatic rings. The van der Waals surface area contributed by atoms with Crippen LogP contribution < -0.4 is 4.31 Å². The summed E-state index contributed by atoms with van der Waals surface area (Å²) in [7, 11) is 1.21. The highest BCUT2D eigenvalue weighted by molar-refractivity contribution is 7.98. The van der Waals surface area contributed by atoms with Gasteiger partial charge in [-0.15, -0.1) is 0 Å². The van der Waals surface area contributed by atoms with Crippen LogP contribution in [0.25, 0.3) is 0 Å². The fourth-order valence-corrected chi connectivity index (χ4v) is 4.90. The highest BCUT2D eigenvalue weighted by atomic mass is 35.6. The number of carbonyl (C=O) groups excluding carboxylic acids is 1. The van der Waals surface area contributed by atoms with Gasteiger partial charge in [0.2, 0.25) is 3.79 Å². The molecule has 4 nitrogen and oxygen atoms in total. The number of carbonyl (C=O) groups is 1. The Hall–Kier alpha value is -1.40. The predicted molar refractivity (Wildman–Crippen MR) is 135 cm³/mol. The van der Waals surface area contributed by atoms with Gasteiger partial charge in [0, 0.05) is 12.1 Å². The molecule has 1 unspecified atom stereocenters. The van der Waals surface area contributed by atoms with Gasteiger partial charge in [-0.3, -0.25) is 4.31 Å². The van der Waals surface area contributed by atoms with Gasteiger partial charge < -0.3 is 4.74 Å². The van der Waals surface area contributed by atoms with E-state index in [0.29, 0.717) is 37.1 Å². The molecule has 0 spiro atoms. The van der Waals surface area contributed by atoms with Crippen molar-refractivity contribution >= 4 is 70.3 Å². The van der Waals surface area contributed by atoms with Crippen molar-refractivity contribution in [3.63, 3.8) is 0 Å². The average Bonchev–Trinajstić information content (AvgIpc) is 2.77. The zero-order chi connectivity index (χ0) is 28.2. The van der Waals surface area contributed by atoms with Crippen LogP contribution in [0.1, 0.15) is 42.5 Å². The third-order valence-corrected chi connectivity index (χ3v) is 6.61. The molecule has 0 bridgehead atoms. The van der Waals surface area contributed by atoms with Crippen molar-refractivity contribution in [3.05, 3.63) is 64.2 Å². The Morgan fingerprint density at radius 2 is 1.49 bits per heavy atom. The summed E-state index contributed by atoms with van der Waals surface area (Å²) < 4.78 is 86.1. The highest BCUT2D eigenvalue weighted by Gasteiger charge is 2.43. The zero-order valence-corrected chi connectivity index (χ0v) is 23.0. The SMILES string of the molecule is CCCCOC(=O)N(C)SN(c1cc(C(F)(F)F)cc(C(F)(F)F)c1)C(c1ccc(Cl)cc1)C(Cl)(Cl)Cl. The summed E-state index contributed by atoms with van der Waals surface area (Å²) in [6, 6.07) is 5.01. The second-order valence-corrected chi connectivity index (χ2v) is 11.5. The summed E-state index contributed by atoms with van der Waals surface area (Å²) in [5.41, 5.74) is -3.63. The lowest BCUT2D eigenvalue weighted by Gasteiger charge is -2.38. The normalized spacial score (nSPS) is 13.3. The maximum Gasteiger partial charge on any atom is 0.420 e. The van der Waals surface area contributed by atoms with E-state index in [9.17, 15) is 31.1 Å². The lowest BCUT2D eigenvalue weighted by molar-refractivity contribution is -0.143. The molecule has 15 heteroatoms. The fourth-order valence-electron chi connectivity index (χ4n) is 2.97. The van der Waals surface area contributed by atoms with E-state index in [1.807, 2.05) is 6.92 Å². The molecule has 0 saturated heterocycles. The van der Waals surface area contributed by atoms with Gasteiger partial charge in [-0.1, -0.05) is 71.9 Å². The van der Waals surface area contributed by atoms with Crippen LogP contribution in [0, 0.1) is 0 Å². The largest absolute Gasteiger partial charge is 0.449 e. The third-order valence-electron chi connectivity index (χ3n) is 4.75. The van der Waals surface area contributed by atoms with E-state index in [-0.39, 0.29) is 23.3 Å². The molecule has 1 amide bonds. The van der Waals surface area contributed by atoms with E-state index >= 15 is 0 Å². The Morgan fingerprint density at radius 3 is 1.92 bits per heavy atom. The fraction of sp³-hybridized carbons (Fsp3) is 0.409. The summed E-state index contributed by atoms with van der Waals surface area (Å²) in [4.78, 5) is 12.5. The van der Waals surface area contributed by atoms with Crippen LogP contribution >= 0.6 is 58.5 Å². The van der Waals surface area contributed by atoms with Crippen molar-refractivity contribution in [2.75, 3.05) is 18.0 Å². The van der Waals surface area contributed by atoms with Crippen molar-refractivity contribution in [2.24, 2.45) is 0 Å². The molecular formula is C22H20Cl4F6N2O2S. The molecule has 0 fully saturated rings. The lowest BCUT2D eigenvalue weighted by atomic mass is 10.0. The van der Waals surface area contributed by atoms with Crippen molar-refractivity contribution in [1.29, 1.82) is 0 Å². The topological polar surface area (TPSA) is 32.8 Å². The molecule has 2 aromatic carbocycles. The second kappa shape index (κ2) is 12.6. The molecule has 0 saturated carbocycles. The second-order valence-electron chi connectivity index (χ2n) is 7.63. The highest BCUT2D eigenvalue weighted by Crippen LogP contribution is 2.50. The third kappa shape index (κ3) is 9.09. The van der Waals surface area contributed by atoms with Crippen LogP contribution in [0.3, 0.4) is 0 Å². The molecule has 1 atom stereocenters. The number of halogens is 10. The monoisotopic (exact) mass is 630 g/mol. The number of ether oxygens (including phenoxy) is 1. The van der Waals surface area contributed by atoms with Gasteiger partial charge >= 0.3 is 18.4 Å². The Kier molecular flexibility index (Phi) is 10.9. The average molecular weight is 632 g/mol. The molecule has 2 rings (SSSR count). The molecule has 0 aliphatic heterocycles. The van der Waals surface area contributed by atoms with Crippen LogP contribution in [0.15, 0.2) is 42.5 Å². The molecule has 0 radical (unpaired) electrons. The van der Waals surface area contributed by atoms with Gasteiger partial charge in [-0.25, -0.2) is 9.10 Å². The number of hydrogen-bond acceptors (Lipinski definition) is 4. The number of benzene rings is 2. The maximum absolute atomic E-state index is 13.6. The van der Waals surface area contributed by atoms with Crippen molar-refractivity contribution in [1.82, 2.24) is 4.31 Å². The van der Waals surface area contributed by atoms with Gasteiger partial charge in [0.05, 0.1) is 35.6 Å². The van der Waals surface area contributed by atoms with Crippen LogP contribution in [-0.2, 0) is 17.1 Å². The Bertz CT molecular complexity index is 1030. The first kappa shape index (κ1) is 31.8. The summed E-state index contributed by atoms with van der Waals surface area (Å²) in [6.45, 7) is 1.91. The molecule has 0 N–H and O–H groups in total. The Balaban J connectivity index is 2.73. The maximum atomic E-state index is 13.6. The number of nitrogens with zero attached hydrogens (tertiary/aromatic N) is 2. The minimum atomic E-state index is -5.13. The number of hydrogen-bond donors (Lipinski definition) is 0. The molecular weight excluding hydrogens is 612 g/mol. The predicted octanol–water partition coefficient (Wildman–Crippen LogP) is 9.73. The first-order chi connectivity index (χ1) is 16.9. The van der Waals surface area contributed by atoms with Gasteiger partial charge in [0.15, 0.2) is 0 Å². The van der Waals surface area contributed by atoms with Gasteiger partial charge in [-0.05, 0) is 42.3 Å². The smallest absolute Gasteiger partial charge is 0.420 e. The van der Waals surface area contributed by atoms with E-state index in [0.717, 1.165) is 8.61 Å². The van der Waals surface area contributed by atoms with Crippen LogP contribution in [0.5, 0.6) is 0 Å². The zero-order valence-electron chi connectivity index (χ0n) is 19.1. The summed E-state index contributed by atoms with van der Waals surface area (Å²) in [5, 5.41) is 0.279. The van der Waals surface area contributed by atoms with Crippen molar-refractivity contribution in [3.8, 4) is 0 Å². The number of alkyl halides is 9. The number of unbranched alkanes of at least 4 members (excludes halogenated alkanes) is 1. The van der Waals surface area contributed by atoms with E-state index in [1.165, 1.54) is 31.3 Å². The van der Waals surface area contributed by atoms with Crippen LogP contribution in [0.4, 0.5) is 36.8 Å². The minimum absolute atomic E-state index is 0.0261. The number of rotatable bonds is 8. The van der Waals surface area contributed by atoms with Gasteiger partial charge in [-0.2, -0.15) is 26.3 Å². The molecule has 0 aromatic heterocycles. The quantitative estimate of drug-likeness (QED) is 0.126. The molecule has 206 valence electrons. The molecule has 37 heavy (non-hydrogen) atoms. The molecule has 2 aromatic rings. The lowest BCUT2D eigenvalue weighted by Crippen LogP contribution is -2.37. The van der Waals surface area contributed by atoms with E-state index in [4.69, 9.17) is 51.1 Å². The van der Waals surface area contributed by atoms with Gasteiger partial charge in [0.25, 0.3) is 0 Å². The van der Waals surface area contributed by atoms with Crippen molar-refractivity contribution < 1.29 is 35.9 Å². The van der Waals surface area contributed by atoms with E-state index < -0.39 is 45.1 Å². The number of anilines is 1. The van der Waals surface area contributed by atoms with E-state index in [2.05, 4.69) is 0 Å². The first-order valence-corrected chi connectivity index (χ1v) is 12.7. The molecule has 0 heterocycles. The molecule has 0 aliphatic carbocycles. The summed E-state index contributed by atoms with van der Waals surface area (Å²) in [6.07, 6.45) is -9.92. The van der Waals surface area contributed by atoms with Crippen molar-refractivity contribution in [2.45, 2.75) is 42.0 Å². The Morgan fingerprint density at radius 1 is 0.973 bits per heavy atom. The minimum Gasteiger partial charge on any atom is -0.449 e. The first-order valence-electron chi connectivity index (χ1n) is 10.4. The summed E-state index contributed by atoms with van der Waals surface area (Å²) >= 11 is 24.9. The Labute approximate surface area is 234 Å². The van der Waals surface area contributed by atoms with Crippen LogP contribution in [-0.4, -0.2) is 27.8 Å². The van der Waals surface area contributed by atoms with E-state index in [1.54, 1.807) is 0 Å². The summed E-state index contributed by atoms with van der Waals surface area (Å²) in [5.74, 6) is 0.